The maximum absolute atomic E-state index is 12.7. The highest BCUT2D eigenvalue weighted by atomic mass is 35.5. The van der Waals surface area contributed by atoms with Gasteiger partial charge in [0.1, 0.15) is 5.75 Å². The van der Waals surface area contributed by atoms with Gasteiger partial charge in [-0.1, -0.05) is 48.0 Å². The first kappa shape index (κ1) is 24.2. The molecule has 3 aromatic rings. The van der Waals surface area contributed by atoms with Crippen LogP contribution in [0.1, 0.15) is 46.4 Å². The van der Waals surface area contributed by atoms with E-state index in [1.54, 1.807) is 55.6 Å². The molecular weight excluding hydrogens is 440 g/mol. The Balaban J connectivity index is 1.55. The maximum Gasteiger partial charge on any atom is 0.306 e. The number of hydrogen-bond acceptors (Lipinski definition) is 4. The monoisotopic (exact) mass is 464 g/mol. The van der Waals surface area contributed by atoms with E-state index in [0.29, 0.717) is 28.3 Å². The number of rotatable bonds is 11. The van der Waals surface area contributed by atoms with Gasteiger partial charge in [-0.2, -0.15) is 0 Å². The molecule has 1 unspecified atom stereocenters. The molecule has 0 aliphatic rings. The number of carboxylic acid groups (broad SMARTS) is 1. The Kier molecular flexibility index (Phi) is 8.39. The highest BCUT2D eigenvalue weighted by Gasteiger charge is 2.22. The fourth-order valence-electron chi connectivity index (χ4n) is 3.58. The average molecular weight is 465 g/mol. The molecule has 1 atom stereocenters. The van der Waals surface area contributed by atoms with Gasteiger partial charge in [-0.25, -0.2) is 0 Å². The lowest BCUT2D eigenvalue weighted by atomic mass is 9.92. The van der Waals surface area contributed by atoms with Gasteiger partial charge in [0.2, 0.25) is 0 Å². The van der Waals surface area contributed by atoms with Gasteiger partial charge >= 0.3 is 5.97 Å². The lowest BCUT2D eigenvalue weighted by molar-refractivity contribution is -0.141. The van der Waals surface area contributed by atoms with Crippen molar-refractivity contribution < 1.29 is 24.2 Å². The number of ether oxygens (including phenoxy) is 1. The average Bonchev–Trinajstić information content (AvgIpc) is 2.83. The fourth-order valence-corrected chi connectivity index (χ4v) is 3.70. The minimum absolute atomic E-state index is 0.0640. The van der Waals surface area contributed by atoms with Crippen LogP contribution in [0.15, 0.2) is 72.8 Å². The van der Waals surface area contributed by atoms with Gasteiger partial charge in [-0.05, 0) is 60.4 Å². The molecule has 170 valence electrons. The fraction of sp³-hybridized carbons (Fsp3) is 0.222. The molecule has 6 heteroatoms. The molecule has 0 fully saturated rings. The number of Topliss-reactive ketones (excluding diaryl/α,β-unsaturated/α-hetero) is 2. The largest absolute Gasteiger partial charge is 0.497 e. The molecule has 0 aromatic heterocycles. The molecule has 0 saturated heterocycles. The van der Waals surface area contributed by atoms with Gasteiger partial charge in [-0.3, -0.25) is 14.4 Å². The Morgan fingerprint density at radius 3 is 1.88 bits per heavy atom. The quantitative estimate of drug-likeness (QED) is 0.335. The SMILES string of the molecule is COc1ccc(C(=O)CCCC(CC(=O)c2ccc(-c3ccc(Cl)cc3)cc2)C(=O)O)cc1. The van der Waals surface area contributed by atoms with E-state index in [1.807, 2.05) is 24.3 Å². The molecule has 0 spiro atoms. The number of hydrogen-bond donors (Lipinski definition) is 1. The first-order chi connectivity index (χ1) is 15.9. The second-order valence-electron chi connectivity index (χ2n) is 7.79. The number of benzene rings is 3. The lowest BCUT2D eigenvalue weighted by Crippen LogP contribution is -2.18. The van der Waals surface area contributed by atoms with Crippen molar-refractivity contribution >= 4 is 29.1 Å². The van der Waals surface area contributed by atoms with Crippen molar-refractivity contribution in [1.82, 2.24) is 0 Å². The van der Waals surface area contributed by atoms with Crippen LogP contribution in [0.2, 0.25) is 5.02 Å². The number of ketones is 2. The first-order valence-electron chi connectivity index (χ1n) is 10.7. The predicted molar refractivity (Wildman–Crippen MR) is 128 cm³/mol. The Morgan fingerprint density at radius 2 is 1.33 bits per heavy atom. The summed E-state index contributed by atoms with van der Waals surface area (Å²) in [6.07, 6.45) is 0.767. The van der Waals surface area contributed by atoms with Crippen LogP contribution >= 0.6 is 11.6 Å². The van der Waals surface area contributed by atoms with Crippen LogP contribution in [-0.4, -0.2) is 29.8 Å². The number of carboxylic acids is 1. The standard InChI is InChI=1S/C27H25ClO5/c1-33-24-15-11-20(12-16-24)25(29)4-2-3-22(27(31)32)17-26(30)21-7-5-18(6-8-21)19-9-13-23(28)14-10-19/h5-16,22H,2-4,17H2,1H3,(H,31,32). The van der Waals surface area contributed by atoms with Crippen molar-refractivity contribution in [1.29, 1.82) is 0 Å². The summed E-state index contributed by atoms with van der Waals surface area (Å²) in [5.74, 6) is -1.50. The minimum Gasteiger partial charge on any atom is -0.497 e. The van der Waals surface area contributed by atoms with Crippen molar-refractivity contribution in [2.75, 3.05) is 7.11 Å². The summed E-state index contributed by atoms with van der Waals surface area (Å²) in [6, 6.07) is 21.3. The van der Waals surface area contributed by atoms with Gasteiger partial charge in [0, 0.05) is 29.0 Å². The van der Waals surface area contributed by atoms with Crippen LogP contribution in [0.25, 0.3) is 11.1 Å². The van der Waals surface area contributed by atoms with Gasteiger partial charge < -0.3 is 9.84 Å². The van der Waals surface area contributed by atoms with Crippen molar-refractivity contribution in [2.45, 2.75) is 25.7 Å². The molecule has 0 amide bonds. The molecule has 1 N–H and O–H groups in total. The highest BCUT2D eigenvalue weighted by molar-refractivity contribution is 6.30. The number of carbonyl (C=O) groups is 3. The summed E-state index contributed by atoms with van der Waals surface area (Å²) in [5.41, 5.74) is 2.94. The Morgan fingerprint density at radius 1 is 0.818 bits per heavy atom. The van der Waals surface area contributed by atoms with Crippen LogP contribution in [0.5, 0.6) is 5.75 Å². The van der Waals surface area contributed by atoms with E-state index in [1.165, 1.54) is 0 Å². The van der Waals surface area contributed by atoms with Gasteiger partial charge in [-0.15, -0.1) is 0 Å². The smallest absolute Gasteiger partial charge is 0.306 e. The summed E-state index contributed by atoms with van der Waals surface area (Å²) >= 11 is 5.92. The van der Waals surface area contributed by atoms with Crippen molar-refractivity contribution in [3.05, 3.63) is 88.9 Å². The summed E-state index contributed by atoms with van der Waals surface area (Å²) in [6.45, 7) is 0. The molecule has 0 aliphatic carbocycles. The summed E-state index contributed by atoms with van der Waals surface area (Å²) in [5, 5.41) is 10.2. The summed E-state index contributed by atoms with van der Waals surface area (Å²) in [4.78, 5) is 36.7. The normalized spacial score (nSPS) is 11.6. The molecule has 0 radical (unpaired) electrons. The Labute approximate surface area is 198 Å². The number of carbonyl (C=O) groups excluding carboxylic acids is 2. The zero-order valence-electron chi connectivity index (χ0n) is 18.3. The molecule has 0 saturated carbocycles. The van der Waals surface area contributed by atoms with Crippen LogP contribution in [0, 0.1) is 5.92 Å². The topological polar surface area (TPSA) is 80.7 Å². The number of halogens is 1. The molecule has 0 aliphatic heterocycles. The van der Waals surface area contributed by atoms with E-state index < -0.39 is 11.9 Å². The third kappa shape index (κ3) is 6.77. The highest BCUT2D eigenvalue weighted by Crippen LogP contribution is 2.24. The van der Waals surface area contributed by atoms with E-state index in [0.717, 1.165) is 11.1 Å². The minimum atomic E-state index is -1.03. The van der Waals surface area contributed by atoms with E-state index >= 15 is 0 Å². The zero-order chi connectivity index (χ0) is 23.8. The van der Waals surface area contributed by atoms with Crippen molar-refractivity contribution in [3.63, 3.8) is 0 Å². The Hall–Kier alpha value is -3.44. The van der Waals surface area contributed by atoms with E-state index in [2.05, 4.69) is 0 Å². The van der Waals surface area contributed by atoms with Crippen molar-refractivity contribution in [2.24, 2.45) is 5.92 Å². The molecule has 3 aromatic carbocycles. The van der Waals surface area contributed by atoms with Crippen LogP contribution < -0.4 is 4.74 Å². The third-order valence-electron chi connectivity index (χ3n) is 5.53. The second kappa shape index (κ2) is 11.4. The number of methoxy groups -OCH3 is 1. The van der Waals surface area contributed by atoms with Gasteiger partial charge in [0.25, 0.3) is 0 Å². The van der Waals surface area contributed by atoms with Gasteiger partial charge in [0.05, 0.1) is 13.0 Å². The Bertz CT molecular complexity index is 1100. The third-order valence-corrected chi connectivity index (χ3v) is 5.79. The summed E-state index contributed by atoms with van der Waals surface area (Å²) in [7, 11) is 1.55. The van der Waals surface area contributed by atoms with Crippen LogP contribution in [0.4, 0.5) is 0 Å². The molecule has 0 heterocycles. The predicted octanol–water partition coefficient (Wildman–Crippen LogP) is 6.34. The molecule has 0 bridgehead atoms. The zero-order valence-corrected chi connectivity index (χ0v) is 19.0. The van der Waals surface area contributed by atoms with Crippen LogP contribution in [-0.2, 0) is 4.79 Å². The van der Waals surface area contributed by atoms with E-state index in [-0.39, 0.29) is 30.8 Å². The molecular formula is C27H25ClO5. The van der Waals surface area contributed by atoms with Crippen molar-refractivity contribution in [3.8, 4) is 16.9 Å². The maximum atomic E-state index is 12.7. The van der Waals surface area contributed by atoms with Crippen LogP contribution in [0.3, 0.4) is 0 Å². The molecule has 3 rings (SSSR count). The number of aliphatic carboxylic acids is 1. The molecule has 33 heavy (non-hydrogen) atoms. The molecule has 5 nitrogen and oxygen atoms in total. The second-order valence-corrected chi connectivity index (χ2v) is 8.23. The lowest BCUT2D eigenvalue weighted by Gasteiger charge is -2.12. The summed E-state index contributed by atoms with van der Waals surface area (Å²) < 4.78 is 5.08. The first-order valence-corrected chi connectivity index (χ1v) is 11.0. The van der Waals surface area contributed by atoms with E-state index in [9.17, 15) is 19.5 Å². The van der Waals surface area contributed by atoms with Gasteiger partial charge in [0.15, 0.2) is 11.6 Å². The van der Waals surface area contributed by atoms with E-state index in [4.69, 9.17) is 16.3 Å².